The Kier molecular flexibility index (Phi) is 1.08. The van der Waals surface area contributed by atoms with Gasteiger partial charge in [-0.3, -0.25) is 0 Å². The Balaban J connectivity index is 1.99. The van der Waals surface area contributed by atoms with E-state index in [0.717, 1.165) is 0 Å². The van der Waals surface area contributed by atoms with Crippen LogP contribution in [0.25, 0.3) is 0 Å². The average Bonchev–Trinajstić information content (AvgIpc) is 2.09. The molecule has 0 amide bonds. The lowest BCUT2D eigenvalue weighted by Gasteiger charge is -2.40. The molecule has 2 aliphatic rings. The number of hydrogen-bond donors (Lipinski definition) is 2. The zero-order valence-electron chi connectivity index (χ0n) is 5.69. The third kappa shape index (κ3) is 0.775. The molecule has 1 aliphatic carbocycles. The highest BCUT2D eigenvalue weighted by Gasteiger charge is 2.41. The largest absolute Gasteiger partial charge is 0.328 e. The van der Waals surface area contributed by atoms with Crippen molar-refractivity contribution in [3.63, 3.8) is 0 Å². The van der Waals surface area contributed by atoms with E-state index in [1.54, 1.807) is 0 Å². The van der Waals surface area contributed by atoms with E-state index in [9.17, 15) is 0 Å². The lowest BCUT2D eigenvalue weighted by Crippen LogP contribution is -2.55. The first-order valence-corrected chi connectivity index (χ1v) is 3.81. The van der Waals surface area contributed by atoms with Gasteiger partial charge in [-0.15, -0.1) is 0 Å². The van der Waals surface area contributed by atoms with Crippen LogP contribution in [0.2, 0.25) is 0 Å². The van der Waals surface area contributed by atoms with Gasteiger partial charge in [0.15, 0.2) is 0 Å². The number of rotatable bonds is 0. The van der Waals surface area contributed by atoms with Crippen molar-refractivity contribution in [1.82, 2.24) is 5.32 Å². The van der Waals surface area contributed by atoms with Crippen LogP contribution in [-0.4, -0.2) is 18.1 Å². The predicted molar refractivity (Wildman–Crippen MR) is 37.2 cm³/mol. The Morgan fingerprint density at radius 1 is 1.44 bits per heavy atom. The summed E-state index contributed by atoms with van der Waals surface area (Å²) in [5.74, 6) is 0. The van der Waals surface area contributed by atoms with E-state index in [2.05, 4.69) is 5.32 Å². The Morgan fingerprint density at radius 2 is 2.22 bits per heavy atom. The summed E-state index contributed by atoms with van der Waals surface area (Å²) in [7, 11) is 0. The van der Waals surface area contributed by atoms with Gasteiger partial charge in [-0.05, 0) is 32.2 Å². The molecule has 0 bridgehead atoms. The van der Waals surface area contributed by atoms with Gasteiger partial charge < -0.3 is 11.1 Å². The van der Waals surface area contributed by atoms with Gasteiger partial charge in [0.25, 0.3) is 0 Å². The maximum Gasteiger partial charge on any atom is 0.0208 e. The maximum absolute atomic E-state index is 5.78. The van der Waals surface area contributed by atoms with Crippen molar-refractivity contribution in [1.29, 1.82) is 0 Å². The molecule has 2 atom stereocenters. The minimum absolute atomic E-state index is 0.484. The van der Waals surface area contributed by atoms with Crippen molar-refractivity contribution < 1.29 is 0 Å². The van der Waals surface area contributed by atoms with Gasteiger partial charge in [0.2, 0.25) is 0 Å². The Morgan fingerprint density at radius 3 is 2.44 bits per heavy atom. The standard InChI is InChI=1S/C7H14N2/c8-6-1-2-7(5-6)3-4-9-7/h6,9H,1-5,8H2/t6-,7-/m1/s1. The first kappa shape index (κ1) is 5.69. The summed E-state index contributed by atoms with van der Waals surface area (Å²) < 4.78 is 0. The number of nitrogens with one attached hydrogen (secondary N) is 1. The third-order valence-corrected chi connectivity index (χ3v) is 2.75. The van der Waals surface area contributed by atoms with Gasteiger partial charge >= 0.3 is 0 Å². The molecule has 0 unspecified atom stereocenters. The van der Waals surface area contributed by atoms with E-state index in [-0.39, 0.29) is 0 Å². The van der Waals surface area contributed by atoms with E-state index in [1.165, 1.54) is 32.2 Å². The first-order valence-electron chi connectivity index (χ1n) is 3.81. The molecule has 0 aromatic rings. The van der Waals surface area contributed by atoms with E-state index in [4.69, 9.17) is 5.73 Å². The van der Waals surface area contributed by atoms with Crippen molar-refractivity contribution in [2.75, 3.05) is 6.54 Å². The summed E-state index contributed by atoms with van der Waals surface area (Å²) in [5, 5.41) is 3.47. The van der Waals surface area contributed by atoms with E-state index in [1.807, 2.05) is 0 Å². The summed E-state index contributed by atoms with van der Waals surface area (Å²) in [5.41, 5.74) is 6.29. The smallest absolute Gasteiger partial charge is 0.0208 e. The minimum Gasteiger partial charge on any atom is -0.328 e. The summed E-state index contributed by atoms with van der Waals surface area (Å²) in [6, 6.07) is 0.484. The Bertz CT molecular complexity index is 118. The van der Waals surface area contributed by atoms with Crippen LogP contribution in [0.3, 0.4) is 0 Å². The van der Waals surface area contributed by atoms with E-state index in [0.29, 0.717) is 11.6 Å². The van der Waals surface area contributed by atoms with Crippen LogP contribution >= 0.6 is 0 Å². The van der Waals surface area contributed by atoms with Crippen LogP contribution in [0.5, 0.6) is 0 Å². The molecule has 1 saturated heterocycles. The molecule has 1 saturated carbocycles. The van der Waals surface area contributed by atoms with Crippen LogP contribution in [0, 0.1) is 0 Å². The molecule has 0 radical (unpaired) electrons. The van der Waals surface area contributed by atoms with Gasteiger partial charge in [0.1, 0.15) is 0 Å². The predicted octanol–water partition coefficient (Wildman–Crippen LogP) is 0.230. The minimum atomic E-state index is 0.484. The fourth-order valence-corrected chi connectivity index (χ4v) is 2.03. The topological polar surface area (TPSA) is 38.0 Å². The van der Waals surface area contributed by atoms with Crippen molar-refractivity contribution >= 4 is 0 Å². The molecule has 0 aromatic carbocycles. The first-order chi connectivity index (χ1) is 4.31. The quantitative estimate of drug-likeness (QED) is 0.487. The van der Waals surface area contributed by atoms with Gasteiger partial charge in [-0.2, -0.15) is 0 Å². The lowest BCUT2D eigenvalue weighted by molar-refractivity contribution is 0.212. The zero-order valence-corrected chi connectivity index (χ0v) is 5.69. The molecule has 2 nitrogen and oxygen atoms in total. The van der Waals surface area contributed by atoms with Gasteiger partial charge in [0.05, 0.1) is 0 Å². The highest BCUT2D eigenvalue weighted by molar-refractivity contribution is 5.03. The summed E-state index contributed by atoms with van der Waals surface area (Å²) in [6.45, 7) is 1.21. The van der Waals surface area contributed by atoms with Gasteiger partial charge in [0, 0.05) is 11.6 Å². The summed E-state index contributed by atoms with van der Waals surface area (Å²) in [4.78, 5) is 0. The molecule has 1 heterocycles. The molecule has 2 fully saturated rings. The molecule has 1 spiro atoms. The highest BCUT2D eigenvalue weighted by atomic mass is 15.1. The molecular weight excluding hydrogens is 112 g/mol. The van der Waals surface area contributed by atoms with Crippen LogP contribution in [-0.2, 0) is 0 Å². The highest BCUT2D eigenvalue weighted by Crippen LogP contribution is 2.36. The zero-order chi connectivity index (χ0) is 6.32. The molecule has 2 heteroatoms. The third-order valence-electron chi connectivity index (χ3n) is 2.75. The van der Waals surface area contributed by atoms with Crippen LogP contribution in [0.1, 0.15) is 25.7 Å². The molecule has 2 rings (SSSR count). The molecule has 0 aromatic heterocycles. The second kappa shape index (κ2) is 1.70. The molecule has 9 heavy (non-hydrogen) atoms. The number of hydrogen-bond acceptors (Lipinski definition) is 2. The van der Waals surface area contributed by atoms with Crippen molar-refractivity contribution in [3.8, 4) is 0 Å². The van der Waals surface area contributed by atoms with Gasteiger partial charge in [-0.1, -0.05) is 0 Å². The lowest BCUT2D eigenvalue weighted by atomic mass is 9.86. The number of nitrogens with two attached hydrogens (primary N) is 1. The van der Waals surface area contributed by atoms with Crippen molar-refractivity contribution in [2.24, 2.45) is 5.73 Å². The van der Waals surface area contributed by atoms with E-state index >= 15 is 0 Å². The fourth-order valence-electron chi connectivity index (χ4n) is 2.03. The molecular formula is C7H14N2. The van der Waals surface area contributed by atoms with Crippen LogP contribution < -0.4 is 11.1 Å². The van der Waals surface area contributed by atoms with E-state index < -0.39 is 0 Å². The second-order valence-corrected chi connectivity index (χ2v) is 3.46. The Labute approximate surface area is 55.8 Å². The summed E-state index contributed by atoms with van der Waals surface area (Å²) >= 11 is 0. The Hall–Kier alpha value is -0.0800. The maximum atomic E-state index is 5.78. The summed E-state index contributed by atoms with van der Waals surface area (Å²) in [6.07, 6.45) is 5.12. The molecule has 52 valence electrons. The van der Waals surface area contributed by atoms with Crippen molar-refractivity contribution in [2.45, 2.75) is 37.3 Å². The van der Waals surface area contributed by atoms with Crippen molar-refractivity contribution in [3.05, 3.63) is 0 Å². The monoisotopic (exact) mass is 126 g/mol. The molecule has 1 aliphatic heterocycles. The SMILES string of the molecule is N[C@@H]1CC[C@@]2(CCN2)C1. The van der Waals surface area contributed by atoms with Crippen LogP contribution in [0.15, 0.2) is 0 Å². The second-order valence-electron chi connectivity index (χ2n) is 3.46. The average molecular weight is 126 g/mol. The fraction of sp³-hybridized carbons (Fsp3) is 1.00. The van der Waals surface area contributed by atoms with Crippen LogP contribution in [0.4, 0.5) is 0 Å². The van der Waals surface area contributed by atoms with Gasteiger partial charge in [-0.25, -0.2) is 0 Å². The normalized spacial score (nSPS) is 49.7. The molecule has 3 N–H and O–H groups in total.